The Morgan fingerprint density at radius 1 is 1.40 bits per heavy atom. The molecule has 1 atom stereocenters. The predicted molar refractivity (Wildman–Crippen MR) is 67.2 cm³/mol. The van der Waals surface area contributed by atoms with Crippen LogP contribution in [0.2, 0.25) is 0 Å². The van der Waals surface area contributed by atoms with Crippen LogP contribution in [0.5, 0.6) is 0 Å². The van der Waals surface area contributed by atoms with E-state index in [0.29, 0.717) is 12.2 Å². The van der Waals surface area contributed by atoms with Gasteiger partial charge in [-0.1, -0.05) is 13.8 Å². The molecule has 0 spiro atoms. The van der Waals surface area contributed by atoms with Crippen molar-refractivity contribution < 1.29 is 4.79 Å². The molecule has 0 aromatic heterocycles. The first-order chi connectivity index (χ1) is 7.15. The van der Waals surface area contributed by atoms with Gasteiger partial charge in [0.2, 0.25) is 5.91 Å². The average molecular weight is 229 g/mol. The minimum absolute atomic E-state index is 0.286. The molecule has 88 valence electrons. The van der Waals surface area contributed by atoms with Crippen LogP contribution in [-0.4, -0.2) is 29.6 Å². The molecule has 2 nitrogen and oxygen atoms in total. The number of hydrogen-bond donors (Lipinski definition) is 1. The zero-order valence-electron chi connectivity index (χ0n) is 9.91. The van der Waals surface area contributed by atoms with Crippen LogP contribution in [0.3, 0.4) is 0 Å². The Morgan fingerprint density at radius 3 is 2.73 bits per heavy atom. The van der Waals surface area contributed by atoms with E-state index in [1.54, 1.807) is 0 Å². The normalized spacial score (nSPS) is 22.9. The number of thiol groups is 1. The number of likely N-dealkylation sites (tertiary alicyclic amines) is 1. The topological polar surface area (TPSA) is 20.3 Å². The van der Waals surface area contributed by atoms with Crippen molar-refractivity contribution in [3.05, 3.63) is 0 Å². The first-order valence-corrected chi connectivity index (χ1v) is 6.67. The molecule has 1 unspecified atom stereocenters. The first-order valence-electron chi connectivity index (χ1n) is 6.03. The maximum Gasteiger partial charge on any atom is 0.223 e. The fraction of sp³-hybridized carbons (Fsp3) is 0.917. The van der Waals surface area contributed by atoms with Gasteiger partial charge < -0.3 is 4.90 Å². The standard InChI is InChI=1S/C12H23NOS/c1-10(2)11-4-3-7-13(8-5-11)12(14)6-9-15/h10-11,15H,3-9H2,1-2H3. The summed E-state index contributed by atoms with van der Waals surface area (Å²) in [5.74, 6) is 2.52. The highest BCUT2D eigenvalue weighted by atomic mass is 32.1. The molecule has 1 aliphatic rings. The van der Waals surface area contributed by atoms with Crippen LogP contribution in [0.25, 0.3) is 0 Å². The minimum atomic E-state index is 0.286. The van der Waals surface area contributed by atoms with Gasteiger partial charge in [0.25, 0.3) is 0 Å². The summed E-state index contributed by atoms with van der Waals surface area (Å²) in [4.78, 5) is 13.7. The molecule has 0 N–H and O–H groups in total. The monoisotopic (exact) mass is 229 g/mol. The van der Waals surface area contributed by atoms with Crippen LogP contribution in [0.4, 0.5) is 0 Å². The van der Waals surface area contributed by atoms with Crippen LogP contribution >= 0.6 is 12.6 Å². The van der Waals surface area contributed by atoms with Crippen molar-refractivity contribution in [2.75, 3.05) is 18.8 Å². The Bertz CT molecular complexity index is 206. The molecule has 0 aliphatic carbocycles. The summed E-state index contributed by atoms with van der Waals surface area (Å²) in [6.45, 7) is 6.48. The molecule has 1 amide bonds. The van der Waals surface area contributed by atoms with Crippen molar-refractivity contribution in [3.8, 4) is 0 Å². The lowest BCUT2D eigenvalue weighted by Crippen LogP contribution is -2.32. The van der Waals surface area contributed by atoms with Crippen LogP contribution < -0.4 is 0 Å². The Morgan fingerprint density at radius 2 is 2.13 bits per heavy atom. The third-order valence-corrected chi connectivity index (χ3v) is 3.62. The highest BCUT2D eigenvalue weighted by Crippen LogP contribution is 2.24. The molecule has 1 rings (SSSR count). The summed E-state index contributed by atoms with van der Waals surface area (Å²) in [5, 5.41) is 0. The van der Waals surface area contributed by atoms with Crippen LogP contribution in [0.1, 0.15) is 39.5 Å². The molecule has 1 heterocycles. The van der Waals surface area contributed by atoms with Gasteiger partial charge in [-0.25, -0.2) is 0 Å². The number of nitrogens with zero attached hydrogens (tertiary/aromatic N) is 1. The lowest BCUT2D eigenvalue weighted by molar-refractivity contribution is -0.130. The Labute approximate surface area is 98.8 Å². The molecule has 1 saturated heterocycles. The summed E-state index contributed by atoms with van der Waals surface area (Å²) < 4.78 is 0. The van der Waals surface area contributed by atoms with Gasteiger partial charge in [0.1, 0.15) is 0 Å². The van der Waals surface area contributed by atoms with Gasteiger partial charge >= 0.3 is 0 Å². The van der Waals surface area contributed by atoms with Gasteiger partial charge in [0, 0.05) is 19.5 Å². The van der Waals surface area contributed by atoms with E-state index in [-0.39, 0.29) is 5.91 Å². The molecule has 0 aromatic rings. The average Bonchev–Trinajstić information content (AvgIpc) is 2.43. The maximum atomic E-state index is 11.7. The summed E-state index contributed by atoms with van der Waals surface area (Å²) in [7, 11) is 0. The number of hydrogen-bond acceptors (Lipinski definition) is 2. The number of carbonyl (C=O) groups excluding carboxylic acids is 1. The van der Waals surface area contributed by atoms with E-state index in [1.165, 1.54) is 19.3 Å². The molecular weight excluding hydrogens is 206 g/mol. The maximum absolute atomic E-state index is 11.7. The third-order valence-electron chi connectivity index (χ3n) is 3.39. The van der Waals surface area contributed by atoms with Crippen LogP contribution in [0.15, 0.2) is 0 Å². The van der Waals surface area contributed by atoms with Gasteiger partial charge in [-0.15, -0.1) is 0 Å². The largest absolute Gasteiger partial charge is 0.343 e. The van der Waals surface area contributed by atoms with E-state index in [1.807, 2.05) is 4.90 Å². The highest BCUT2D eigenvalue weighted by molar-refractivity contribution is 7.80. The second kappa shape index (κ2) is 6.41. The smallest absolute Gasteiger partial charge is 0.223 e. The summed E-state index contributed by atoms with van der Waals surface area (Å²) in [6.07, 6.45) is 4.22. The van der Waals surface area contributed by atoms with E-state index in [4.69, 9.17) is 0 Å². The first kappa shape index (κ1) is 12.9. The zero-order valence-corrected chi connectivity index (χ0v) is 10.8. The summed E-state index contributed by atoms with van der Waals surface area (Å²) >= 11 is 4.11. The molecular formula is C12H23NOS. The lowest BCUT2D eigenvalue weighted by atomic mass is 9.89. The second-order valence-corrected chi connectivity index (χ2v) is 5.24. The Kier molecular flexibility index (Phi) is 5.51. The van der Waals surface area contributed by atoms with Crippen molar-refractivity contribution in [2.24, 2.45) is 11.8 Å². The molecule has 0 saturated carbocycles. The van der Waals surface area contributed by atoms with Crippen molar-refractivity contribution in [1.29, 1.82) is 0 Å². The number of amides is 1. The Hall–Kier alpha value is -0.180. The van der Waals surface area contributed by atoms with Gasteiger partial charge in [0.05, 0.1) is 0 Å². The lowest BCUT2D eigenvalue weighted by Gasteiger charge is -2.21. The molecule has 0 radical (unpaired) electrons. The highest BCUT2D eigenvalue weighted by Gasteiger charge is 2.21. The van der Waals surface area contributed by atoms with Crippen LogP contribution in [0, 0.1) is 11.8 Å². The van der Waals surface area contributed by atoms with Gasteiger partial charge in [-0.05, 0) is 36.9 Å². The summed E-state index contributed by atoms with van der Waals surface area (Å²) in [5.41, 5.74) is 0. The van der Waals surface area contributed by atoms with Crippen molar-refractivity contribution >= 4 is 18.5 Å². The third kappa shape index (κ3) is 4.06. The van der Waals surface area contributed by atoms with E-state index in [9.17, 15) is 4.79 Å². The molecule has 0 bridgehead atoms. The quantitative estimate of drug-likeness (QED) is 0.738. The summed E-state index contributed by atoms with van der Waals surface area (Å²) in [6, 6.07) is 0. The molecule has 3 heteroatoms. The SMILES string of the molecule is CC(C)C1CCCN(C(=O)CCS)CC1. The zero-order chi connectivity index (χ0) is 11.3. The number of rotatable bonds is 3. The van der Waals surface area contributed by atoms with Gasteiger partial charge in [-0.2, -0.15) is 12.6 Å². The number of carbonyl (C=O) groups is 1. The van der Waals surface area contributed by atoms with E-state index >= 15 is 0 Å². The second-order valence-electron chi connectivity index (χ2n) is 4.79. The van der Waals surface area contributed by atoms with Crippen molar-refractivity contribution in [1.82, 2.24) is 4.90 Å². The predicted octanol–water partition coefficient (Wildman–Crippen LogP) is 2.59. The minimum Gasteiger partial charge on any atom is -0.343 e. The molecule has 15 heavy (non-hydrogen) atoms. The molecule has 0 aromatic carbocycles. The van der Waals surface area contributed by atoms with Gasteiger partial charge in [-0.3, -0.25) is 4.79 Å². The van der Waals surface area contributed by atoms with Crippen molar-refractivity contribution in [2.45, 2.75) is 39.5 Å². The molecule has 1 fully saturated rings. The van der Waals surface area contributed by atoms with Crippen molar-refractivity contribution in [3.63, 3.8) is 0 Å². The van der Waals surface area contributed by atoms with Crippen LogP contribution in [-0.2, 0) is 4.79 Å². The molecule has 1 aliphatic heterocycles. The van der Waals surface area contributed by atoms with E-state index < -0.39 is 0 Å². The Balaban J connectivity index is 2.42. The fourth-order valence-electron chi connectivity index (χ4n) is 2.29. The van der Waals surface area contributed by atoms with Gasteiger partial charge in [0.15, 0.2) is 0 Å². The van der Waals surface area contributed by atoms with E-state index in [0.717, 1.165) is 24.9 Å². The van der Waals surface area contributed by atoms with E-state index in [2.05, 4.69) is 26.5 Å². The fourth-order valence-corrected chi connectivity index (χ4v) is 2.48.